The van der Waals surface area contributed by atoms with Gasteiger partial charge in [-0.05, 0) is 67.3 Å². The molecule has 0 bridgehead atoms. The highest BCUT2D eigenvalue weighted by molar-refractivity contribution is 6.05. The SMILES string of the molecule is C=CN.CC(=O)NCCN.N=Cc1c(N)ccc2nc(-c3ccc(C(=O)N4CCOCC4)c(F)c3)c3c(c12)CCCC3. The number of halogens is 1. The lowest BCUT2D eigenvalue weighted by Gasteiger charge is -2.27. The Balaban J connectivity index is 0.000000420. The van der Waals surface area contributed by atoms with Gasteiger partial charge in [-0.2, -0.15) is 0 Å². The summed E-state index contributed by atoms with van der Waals surface area (Å²) >= 11 is 0. The van der Waals surface area contributed by atoms with E-state index in [1.807, 2.05) is 6.07 Å². The second-order valence-electron chi connectivity index (χ2n) is 9.84. The van der Waals surface area contributed by atoms with Crippen LogP contribution in [0.2, 0.25) is 0 Å². The molecule has 0 unspecified atom stereocenters. The van der Waals surface area contributed by atoms with E-state index >= 15 is 4.39 Å². The van der Waals surface area contributed by atoms with Gasteiger partial charge in [0.25, 0.3) is 5.91 Å². The molecule has 0 radical (unpaired) electrons. The zero-order valence-electron chi connectivity index (χ0n) is 24.0. The van der Waals surface area contributed by atoms with Gasteiger partial charge in [-0.1, -0.05) is 12.6 Å². The Morgan fingerprint density at radius 2 is 1.83 bits per heavy atom. The number of aryl methyl sites for hydroxylation is 1. The minimum atomic E-state index is -0.539. The molecule has 3 aromatic rings. The van der Waals surface area contributed by atoms with Crippen molar-refractivity contribution in [1.82, 2.24) is 15.2 Å². The molecule has 1 saturated heterocycles. The highest BCUT2D eigenvalue weighted by atomic mass is 19.1. The van der Waals surface area contributed by atoms with Crippen molar-refractivity contribution in [1.29, 1.82) is 5.41 Å². The maximum atomic E-state index is 15.1. The number of morpholine rings is 1. The van der Waals surface area contributed by atoms with Crippen LogP contribution in [0.15, 0.2) is 43.1 Å². The van der Waals surface area contributed by atoms with Crippen LogP contribution >= 0.6 is 0 Å². The first-order valence-electron chi connectivity index (χ1n) is 14.0. The van der Waals surface area contributed by atoms with Crippen LogP contribution in [0.1, 0.15) is 46.8 Å². The number of fused-ring (bicyclic) bond motifs is 3. The number of carbonyl (C=O) groups excluding carboxylic acids is 2. The predicted molar refractivity (Wildman–Crippen MR) is 165 cm³/mol. The number of nitrogens with one attached hydrogen (secondary N) is 2. The number of nitrogen functional groups attached to an aromatic ring is 1. The van der Waals surface area contributed by atoms with Crippen LogP contribution < -0.4 is 22.5 Å². The van der Waals surface area contributed by atoms with Crippen molar-refractivity contribution in [2.24, 2.45) is 11.5 Å². The van der Waals surface area contributed by atoms with Gasteiger partial charge in [-0.15, -0.1) is 0 Å². The fourth-order valence-electron chi connectivity index (χ4n) is 5.08. The summed E-state index contributed by atoms with van der Waals surface area (Å²) in [7, 11) is 0. The Morgan fingerprint density at radius 3 is 2.40 bits per heavy atom. The number of carbonyl (C=O) groups is 2. The molecule has 2 aliphatic rings. The van der Waals surface area contributed by atoms with Crippen molar-refractivity contribution in [2.75, 3.05) is 45.1 Å². The number of ether oxygens (including phenoxy) is 1. The van der Waals surface area contributed by atoms with E-state index in [0.717, 1.165) is 53.4 Å². The number of anilines is 1. The average Bonchev–Trinajstić information content (AvgIpc) is 3.00. The summed E-state index contributed by atoms with van der Waals surface area (Å²) in [6.45, 7) is 7.59. The lowest BCUT2D eigenvalue weighted by atomic mass is 9.84. The van der Waals surface area contributed by atoms with Crippen molar-refractivity contribution in [3.05, 3.63) is 71.2 Å². The van der Waals surface area contributed by atoms with Gasteiger partial charge in [0.05, 0.1) is 30.0 Å². The van der Waals surface area contributed by atoms with E-state index < -0.39 is 5.82 Å². The Hall–Kier alpha value is -4.35. The van der Waals surface area contributed by atoms with Gasteiger partial charge in [-0.3, -0.25) is 9.59 Å². The highest BCUT2D eigenvalue weighted by Crippen LogP contribution is 2.37. The molecule has 0 saturated carbocycles. The van der Waals surface area contributed by atoms with Gasteiger partial charge in [0.15, 0.2) is 0 Å². The Bertz CT molecular complexity index is 1440. The number of nitrogens with two attached hydrogens (primary N) is 3. The molecule has 1 aliphatic carbocycles. The van der Waals surface area contributed by atoms with Gasteiger partial charge in [0.2, 0.25) is 5.91 Å². The molecule has 0 atom stereocenters. The second kappa shape index (κ2) is 15.6. The minimum absolute atomic E-state index is 0.0227. The predicted octanol–water partition coefficient (Wildman–Crippen LogP) is 3.14. The molecule has 1 aromatic heterocycles. The largest absolute Gasteiger partial charge is 0.405 e. The van der Waals surface area contributed by atoms with Crippen LogP contribution in [0.4, 0.5) is 10.1 Å². The molecule has 8 N–H and O–H groups in total. The van der Waals surface area contributed by atoms with Crippen LogP contribution in [-0.2, 0) is 22.4 Å². The van der Waals surface area contributed by atoms with E-state index in [1.165, 1.54) is 25.4 Å². The summed E-state index contributed by atoms with van der Waals surface area (Å²) < 4.78 is 20.4. The van der Waals surface area contributed by atoms with E-state index in [4.69, 9.17) is 26.6 Å². The average molecular weight is 578 g/mol. The zero-order chi connectivity index (χ0) is 30.6. The molecule has 224 valence electrons. The van der Waals surface area contributed by atoms with Crippen LogP contribution in [0, 0.1) is 11.2 Å². The molecule has 1 aliphatic heterocycles. The Kier molecular flexibility index (Phi) is 11.9. The second-order valence-corrected chi connectivity index (χ2v) is 9.84. The van der Waals surface area contributed by atoms with Crippen molar-refractivity contribution >= 4 is 34.6 Å². The van der Waals surface area contributed by atoms with Crippen molar-refractivity contribution < 1.29 is 18.7 Å². The number of nitrogens with zero attached hydrogens (tertiary/aromatic N) is 2. The van der Waals surface area contributed by atoms with Crippen LogP contribution in [0.25, 0.3) is 22.2 Å². The van der Waals surface area contributed by atoms with Gasteiger partial charge in [0, 0.05) is 61.5 Å². The molecular formula is C31H40FN7O3. The van der Waals surface area contributed by atoms with Crippen molar-refractivity contribution in [2.45, 2.75) is 32.6 Å². The number of pyridine rings is 1. The smallest absolute Gasteiger partial charge is 0.256 e. The molecule has 5 rings (SSSR count). The summed E-state index contributed by atoms with van der Waals surface area (Å²) in [5, 5.41) is 11.3. The summed E-state index contributed by atoms with van der Waals surface area (Å²) in [5.74, 6) is -0.870. The number of aromatic nitrogens is 1. The summed E-state index contributed by atoms with van der Waals surface area (Å²) in [5.41, 5.74) is 21.5. The number of rotatable bonds is 5. The van der Waals surface area contributed by atoms with Gasteiger partial charge in [0.1, 0.15) is 5.82 Å². The van der Waals surface area contributed by atoms with Crippen LogP contribution in [-0.4, -0.2) is 67.3 Å². The van der Waals surface area contributed by atoms with E-state index in [2.05, 4.69) is 17.6 Å². The Morgan fingerprint density at radius 1 is 1.17 bits per heavy atom. The van der Waals surface area contributed by atoms with Gasteiger partial charge < -0.3 is 37.6 Å². The first-order chi connectivity index (χ1) is 20.3. The fraction of sp³-hybridized carbons (Fsp3) is 0.355. The lowest BCUT2D eigenvalue weighted by Crippen LogP contribution is -2.41. The van der Waals surface area contributed by atoms with Crippen LogP contribution in [0.5, 0.6) is 0 Å². The molecule has 2 aromatic carbocycles. The molecular weight excluding hydrogens is 537 g/mol. The van der Waals surface area contributed by atoms with Crippen molar-refractivity contribution in [3.63, 3.8) is 0 Å². The number of hydrogen-bond donors (Lipinski definition) is 5. The third-order valence-electron chi connectivity index (χ3n) is 6.98. The van der Waals surface area contributed by atoms with E-state index in [1.54, 1.807) is 23.1 Å². The zero-order valence-corrected chi connectivity index (χ0v) is 24.0. The fourth-order valence-corrected chi connectivity index (χ4v) is 5.08. The van der Waals surface area contributed by atoms with Gasteiger partial charge in [-0.25, -0.2) is 9.37 Å². The topological polar surface area (TPSA) is 173 Å². The van der Waals surface area contributed by atoms with Crippen LogP contribution in [0.3, 0.4) is 0 Å². The highest BCUT2D eigenvalue weighted by Gasteiger charge is 2.24. The third-order valence-corrected chi connectivity index (χ3v) is 6.98. The Labute approximate surface area is 245 Å². The number of hydrogen-bond acceptors (Lipinski definition) is 8. The summed E-state index contributed by atoms with van der Waals surface area (Å²) in [4.78, 5) is 29.3. The molecule has 1 fully saturated rings. The molecule has 11 heteroatoms. The first kappa shape index (κ1) is 32.2. The minimum Gasteiger partial charge on any atom is -0.405 e. The summed E-state index contributed by atoms with van der Waals surface area (Å²) in [6.07, 6.45) is 6.35. The van der Waals surface area contributed by atoms with Crippen molar-refractivity contribution in [3.8, 4) is 11.3 Å². The molecule has 2 heterocycles. The van der Waals surface area contributed by atoms with E-state index in [-0.39, 0.29) is 17.4 Å². The quantitative estimate of drug-likeness (QED) is 0.229. The van der Waals surface area contributed by atoms with Gasteiger partial charge >= 0.3 is 0 Å². The van der Waals surface area contributed by atoms with E-state index in [9.17, 15) is 9.59 Å². The van der Waals surface area contributed by atoms with E-state index in [0.29, 0.717) is 56.2 Å². The monoisotopic (exact) mass is 577 g/mol. The molecule has 0 spiro atoms. The number of amides is 2. The maximum Gasteiger partial charge on any atom is 0.256 e. The first-order valence-corrected chi connectivity index (χ1v) is 14.0. The lowest BCUT2D eigenvalue weighted by molar-refractivity contribution is -0.118. The number of benzene rings is 2. The molecule has 10 nitrogen and oxygen atoms in total. The molecule has 42 heavy (non-hydrogen) atoms. The molecule has 2 amide bonds. The normalized spacial score (nSPS) is 13.9. The summed E-state index contributed by atoms with van der Waals surface area (Å²) in [6, 6.07) is 8.40. The third kappa shape index (κ3) is 7.68. The maximum absolute atomic E-state index is 15.1. The standard InChI is InChI=1S/C25H25FN4O2.C4H10N2O.C2H5N/c26-20-13-15(5-6-18(20)25(31)30-9-11-32-12-10-30)24-17-4-2-1-3-16(17)23-19(14-27)21(28)7-8-22(23)29-24;1-4(7)6-3-2-5;1-2-3/h5-8,13-14,27H,1-4,9-12,28H2;2-3,5H2,1H3,(H,6,7);2H,1,3H2.